The van der Waals surface area contributed by atoms with Gasteiger partial charge in [-0.25, -0.2) is 0 Å². The van der Waals surface area contributed by atoms with E-state index in [9.17, 15) is 19.2 Å². The molecule has 3 aliphatic carbocycles. The van der Waals surface area contributed by atoms with Crippen molar-refractivity contribution in [2.75, 3.05) is 0 Å². The Kier molecular flexibility index (Phi) is 6.72. The number of allylic oxidation sites excluding steroid dienone is 8. The molecule has 0 aliphatic heterocycles. The number of carbonyl (C=O) groups is 4. The van der Waals surface area contributed by atoms with Crippen molar-refractivity contribution in [3.63, 3.8) is 0 Å². The molecule has 33 heavy (non-hydrogen) atoms. The summed E-state index contributed by atoms with van der Waals surface area (Å²) in [6.07, 6.45) is 11.9. The molecule has 0 aromatic rings. The molecule has 0 bridgehead atoms. The van der Waals surface area contributed by atoms with Crippen molar-refractivity contribution in [1.29, 1.82) is 0 Å². The smallest absolute Gasteiger partial charge is 0.181 e. The van der Waals surface area contributed by atoms with Crippen LogP contribution in [-0.2, 0) is 19.2 Å². The number of fused-ring (bicyclic) bond motifs is 3. The fourth-order valence-corrected chi connectivity index (χ4v) is 7.21. The maximum atomic E-state index is 13.3. The summed E-state index contributed by atoms with van der Waals surface area (Å²) in [6, 6.07) is 0. The molecule has 0 aromatic carbocycles. The molecule has 0 radical (unpaired) electrons. The first kappa shape index (κ1) is 25.3. The van der Waals surface area contributed by atoms with Crippen molar-refractivity contribution in [2.45, 2.75) is 80.6 Å². The lowest BCUT2D eigenvalue weighted by molar-refractivity contribution is -0.154. The van der Waals surface area contributed by atoms with E-state index in [4.69, 9.17) is 0 Å². The van der Waals surface area contributed by atoms with Crippen LogP contribution in [0.4, 0.5) is 0 Å². The van der Waals surface area contributed by atoms with E-state index in [0.29, 0.717) is 30.1 Å². The van der Waals surface area contributed by atoms with Crippen LogP contribution in [0, 0.1) is 28.1 Å². The van der Waals surface area contributed by atoms with Crippen molar-refractivity contribution in [2.24, 2.45) is 28.1 Å². The van der Waals surface area contributed by atoms with E-state index in [2.05, 4.69) is 27.7 Å². The predicted octanol–water partition coefficient (Wildman–Crippen LogP) is 5.92. The van der Waals surface area contributed by atoms with E-state index in [0.717, 1.165) is 30.4 Å². The highest BCUT2D eigenvalue weighted by Crippen LogP contribution is 2.68. The highest BCUT2D eigenvalue weighted by atomic mass is 16.1. The second kappa shape index (κ2) is 8.77. The number of hydrogen-bond donors (Lipinski definition) is 0. The van der Waals surface area contributed by atoms with Crippen LogP contribution >= 0.6 is 0 Å². The zero-order valence-electron chi connectivity index (χ0n) is 21.2. The second-order valence-corrected chi connectivity index (χ2v) is 11.4. The largest absolute Gasteiger partial charge is 0.299 e. The topological polar surface area (TPSA) is 68.3 Å². The lowest BCUT2D eigenvalue weighted by Crippen LogP contribution is -2.56. The monoisotopic (exact) mass is 450 g/mol. The van der Waals surface area contributed by atoms with Crippen molar-refractivity contribution in [3.05, 3.63) is 47.1 Å². The van der Waals surface area contributed by atoms with E-state index < -0.39 is 0 Å². The molecule has 4 heteroatoms. The molecule has 0 saturated heterocycles. The van der Waals surface area contributed by atoms with Gasteiger partial charge in [0, 0.05) is 29.2 Å². The normalized spacial score (nSPS) is 35.7. The number of rotatable bonds is 5. The minimum Gasteiger partial charge on any atom is -0.299 e. The summed E-state index contributed by atoms with van der Waals surface area (Å²) >= 11 is 0. The van der Waals surface area contributed by atoms with Crippen LogP contribution in [0.25, 0.3) is 0 Å². The summed E-state index contributed by atoms with van der Waals surface area (Å²) in [7, 11) is 0. The van der Waals surface area contributed by atoms with Gasteiger partial charge in [-0.2, -0.15) is 0 Å². The molecule has 3 aliphatic rings. The van der Waals surface area contributed by atoms with Gasteiger partial charge in [-0.05, 0) is 80.6 Å². The first-order valence-electron chi connectivity index (χ1n) is 12.1. The van der Waals surface area contributed by atoms with E-state index in [1.54, 1.807) is 13.0 Å². The molecule has 0 N–H and O–H groups in total. The standard InChI is InChI=1S/C29H38O4/c1-18(21(31)12-11-20(3)30)9-8-10-19(2)26-22(32)17-24-28(6)16-14-25(33)27(4,5)23(28)13-15-29(24,26)7/h8-12,23-24H,13-17H2,1-7H3/b10-8+,12-11+,18-9+,26-19+/t23-,24+,28+,29+/m1/s1. The van der Waals surface area contributed by atoms with Gasteiger partial charge in [0.1, 0.15) is 5.78 Å². The quantitative estimate of drug-likeness (QED) is 0.385. The second-order valence-electron chi connectivity index (χ2n) is 11.4. The van der Waals surface area contributed by atoms with Gasteiger partial charge < -0.3 is 0 Å². The van der Waals surface area contributed by atoms with Crippen molar-refractivity contribution in [3.8, 4) is 0 Å². The van der Waals surface area contributed by atoms with Crippen LogP contribution in [0.3, 0.4) is 0 Å². The Labute approximate surface area is 198 Å². The Morgan fingerprint density at radius 2 is 1.58 bits per heavy atom. The Morgan fingerprint density at radius 1 is 0.909 bits per heavy atom. The predicted molar refractivity (Wildman–Crippen MR) is 130 cm³/mol. The summed E-state index contributed by atoms with van der Waals surface area (Å²) in [5.41, 5.74) is 1.88. The molecule has 4 nitrogen and oxygen atoms in total. The number of ketones is 4. The van der Waals surface area contributed by atoms with Crippen molar-refractivity contribution < 1.29 is 19.2 Å². The lowest BCUT2D eigenvalue weighted by Gasteiger charge is -2.60. The third-order valence-electron chi connectivity index (χ3n) is 8.98. The van der Waals surface area contributed by atoms with E-state index in [1.165, 1.54) is 19.1 Å². The SMILES string of the molecule is CC(=O)/C=C/C(=O)/C(C)=C/C=C/C(C)=C1\C(=O)C[C@H]2[C@@]3(C)CCC(=O)C(C)(C)[C@H]3CC[C@]12C. The summed E-state index contributed by atoms with van der Waals surface area (Å²) in [5.74, 6) is 0.781. The average molecular weight is 451 g/mol. The molecule has 0 heterocycles. The van der Waals surface area contributed by atoms with E-state index in [-0.39, 0.29) is 39.5 Å². The minimum atomic E-state index is -0.329. The van der Waals surface area contributed by atoms with Crippen LogP contribution in [-0.4, -0.2) is 23.1 Å². The third-order valence-corrected chi connectivity index (χ3v) is 8.98. The van der Waals surface area contributed by atoms with Crippen molar-refractivity contribution in [1.82, 2.24) is 0 Å². The van der Waals surface area contributed by atoms with Gasteiger partial charge in [-0.3, -0.25) is 19.2 Å². The van der Waals surface area contributed by atoms with Crippen LogP contribution in [0.1, 0.15) is 80.6 Å². The number of carbonyl (C=O) groups excluding carboxylic acids is 4. The molecule has 0 spiro atoms. The van der Waals surface area contributed by atoms with Crippen LogP contribution in [0.5, 0.6) is 0 Å². The van der Waals surface area contributed by atoms with Gasteiger partial charge in [0.15, 0.2) is 17.3 Å². The summed E-state index contributed by atoms with van der Waals surface area (Å²) in [4.78, 5) is 49.1. The van der Waals surface area contributed by atoms with Crippen molar-refractivity contribution >= 4 is 23.1 Å². The Morgan fingerprint density at radius 3 is 2.21 bits per heavy atom. The molecule has 3 saturated carbocycles. The summed E-state index contributed by atoms with van der Waals surface area (Å²) in [6.45, 7) is 13.9. The molecular weight excluding hydrogens is 412 g/mol. The van der Waals surface area contributed by atoms with Crippen LogP contribution in [0.2, 0.25) is 0 Å². The van der Waals surface area contributed by atoms with E-state index in [1.807, 2.05) is 19.1 Å². The van der Waals surface area contributed by atoms with Gasteiger partial charge >= 0.3 is 0 Å². The zero-order chi connectivity index (χ0) is 24.8. The molecule has 0 unspecified atom stereocenters. The maximum absolute atomic E-state index is 13.3. The Balaban J connectivity index is 1.90. The first-order chi connectivity index (χ1) is 15.2. The van der Waals surface area contributed by atoms with Gasteiger partial charge in [0.2, 0.25) is 0 Å². The summed E-state index contributed by atoms with van der Waals surface area (Å²) in [5, 5.41) is 0. The Bertz CT molecular complexity index is 1020. The maximum Gasteiger partial charge on any atom is 0.181 e. The average Bonchev–Trinajstić information content (AvgIpc) is 3.00. The van der Waals surface area contributed by atoms with Gasteiger partial charge in [-0.1, -0.05) is 45.9 Å². The highest BCUT2D eigenvalue weighted by Gasteiger charge is 2.64. The zero-order valence-corrected chi connectivity index (χ0v) is 21.2. The first-order valence-corrected chi connectivity index (χ1v) is 12.1. The fraction of sp³-hybridized carbons (Fsp3) is 0.586. The molecule has 178 valence electrons. The van der Waals surface area contributed by atoms with E-state index >= 15 is 0 Å². The molecule has 0 amide bonds. The molecular formula is C29H38O4. The van der Waals surface area contributed by atoms with Gasteiger partial charge in [0.25, 0.3) is 0 Å². The number of Topliss-reactive ketones (excluding diaryl/α,β-unsaturated/α-hetero) is 2. The van der Waals surface area contributed by atoms with Gasteiger partial charge in [-0.15, -0.1) is 0 Å². The lowest BCUT2D eigenvalue weighted by atomic mass is 9.43. The molecule has 4 atom stereocenters. The Hall–Kier alpha value is -2.36. The minimum absolute atomic E-state index is 0.0161. The van der Waals surface area contributed by atoms with Crippen LogP contribution < -0.4 is 0 Å². The number of hydrogen-bond acceptors (Lipinski definition) is 4. The highest BCUT2D eigenvalue weighted by molar-refractivity contribution is 6.07. The van der Waals surface area contributed by atoms with Gasteiger partial charge in [0.05, 0.1) is 0 Å². The molecule has 3 rings (SSSR count). The van der Waals surface area contributed by atoms with Crippen LogP contribution in [0.15, 0.2) is 47.1 Å². The third kappa shape index (κ3) is 4.29. The molecule has 3 fully saturated rings. The molecule has 0 aromatic heterocycles. The summed E-state index contributed by atoms with van der Waals surface area (Å²) < 4.78 is 0. The fourth-order valence-electron chi connectivity index (χ4n) is 7.21.